The number of carbonyl (C=O) groups is 2. The third kappa shape index (κ3) is 12.5. The predicted octanol–water partition coefficient (Wildman–Crippen LogP) is 6.63. The number of aromatic nitrogens is 2. The first-order valence-corrected chi connectivity index (χ1v) is 18.8. The molecule has 18 heteroatoms. The lowest BCUT2D eigenvalue weighted by atomic mass is 9.87. The zero-order chi connectivity index (χ0) is 40.3. The van der Waals surface area contributed by atoms with Gasteiger partial charge in [0.2, 0.25) is 0 Å². The molecule has 1 saturated heterocycles. The molecule has 2 aromatic carbocycles. The highest BCUT2D eigenvalue weighted by molar-refractivity contribution is 7.44. The van der Waals surface area contributed by atoms with Gasteiger partial charge in [0.05, 0.1) is 30.6 Å². The fourth-order valence-corrected chi connectivity index (χ4v) is 7.17. The zero-order valence-electron chi connectivity index (χ0n) is 31.9. The number of hydrogen-bond donors (Lipinski definition) is 1. The molecule has 2 heterocycles. The summed E-state index contributed by atoms with van der Waals surface area (Å²) in [6.07, 6.45) is -2.44. The standard InChI is InChI=1S/C37H47N6O11P/c1-24(2)42(25(3)4)55(50-20-8-18-38)51-22-31-30(54-36(46)52-29-15-11-27(12-16-29)43(47)48)21-34(53-31)41-19-17-32(40-35(41)45)39-33(44)23-49-28-13-9-26(10-14-28)37(5,6)7/h9-17,19,24-25,30-31,34H,8,20-23H2,1-7H3,(H,39,40,44,45)/t30-,31+,34+,55?/m0/s1. The number of non-ortho nitro benzene ring substituents is 1. The first kappa shape index (κ1) is 42.8. The lowest BCUT2D eigenvalue weighted by Crippen LogP contribution is -2.36. The Morgan fingerprint density at radius 1 is 1.07 bits per heavy atom. The molecule has 1 N–H and O–H groups in total. The number of nitrogens with one attached hydrogen (secondary N) is 1. The van der Waals surface area contributed by atoms with Gasteiger partial charge in [0.25, 0.3) is 20.1 Å². The third-order valence-corrected chi connectivity index (χ3v) is 10.3. The summed E-state index contributed by atoms with van der Waals surface area (Å²) in [5.41, 5.74) is 0.157. The average Bonchev–Trinajstić information content (AvgIpc) is 3.50. The van der Waals surface area contributed by atoms with Crippen molar-refractivity contribution in [2.24, 2.45) is 0 Å². The summed E-state index contributed by atoms with van der Waals surface area (Å²) >= 11 is 0. The Hall–Kier alpha value is -4.98. The van der Waals surface area contributed by atoms with Crippen molar-refractivity contribution >= 4 is 32.1 Å². The maximum absolute atomic E-state index is 13.2. The summed E-state index contributed by atoms with van der Waals surface area (Å²) in [6.45, 7) is 13.9. The summed E-state index contributed by atoms with van der Waals surface area (Å²) in [5, 5.41) is 22.6. The molecule has 4 atom stereocenters. The maximum atomic E-state index is 13.2. The summed E-state index contributed by atoms with van der Waals surface area (Å²) < 4.78 is 38.2. The van der Waals surface area contributed by atoms with Gasteiger partial charge in [-0.05, 0) is 69.0 Å². The Morgan fingerprint density at radius 3 is 2.31 bits per heavy atom. The van der Waals surface area contributed by atoms with Crippen molar-refractivity contribution in [3.63, 3.8) is 0 Å². The van der Waals surface area contributed by atoms with Crippen LogP contribution >= 0.6 is 8.53 Å². The van der Waals surface area contributed by atoms with Crippen molar-refractivity contribution in [3.8, 4) is 17.6 Å². The van der Waals surface area contributed by atoms with Gasteiger partial charge in [0.15, 0.2) is 6.61 Å². The highest BCUT2D eigenvalue weighted by atomic mass is 31.2. The molecule has 1 aliphatic rings. The molecule has 1 unspecified atom stereocenters. The van der Waals surface area contributed by atoms with Gasteiger partial charge in [-0.3, -0.25) is 19.5 Å². The Morgan fingerprint density at radius 2 is 1.73 bits per heavy atom. The first-order valence-electron chi connectivity index (χ1n) is 17.7. The van der Waals surface area contributed by atoms with Gasteiger partial charge in [-0.2, -0.15) is 10.2 Å². The molecular formula is C37H47N6O11P. The van der Waals surface area contributed by atoms with Crippen molar-refractivity contribution in [3.05, 3.63) is 87.0 Å². The summed E-state index contributed by atoms with van der Waals surface area (Å²) in [5.74, 6) is 0.000972. The number of amides is 1. The summed E-state index contributed by atoms with van der Waals surface area (Å²) in [7, 11) is -1.69. The fourth-order valence-electron chi connectivity index (χ4n) is 5.56. The zero-order valence-corrected chi connectivity index (χ0v) is 32.8. The Labute approximate surface area is 320 Å². The number of nitrogens with zero attached hydrogens (tertiary/aromatic N) is 5. The number of nitro groups is 1. The number of ether oxygens (including phenoxy) is 4. The number of benzene rings is 2. The van der Waals surface area contributed by atoms with E-state index in [1.54, 1.807) is 12.1 Å². The van der Waals surface area contributed by atoms with Crippen LogP contribution in [0.2, 0.25) is 0 Å². The van der Waals surface area contributed by atoms with E-state index >= 15 is 0 Å². The van der Waals surface area contributed by atoms with Crippen LogP contribution in [0.4, 0.5) is 16.3 Å². The number of carbonyl (C=O) groups excluding carboxylic acids is 2. The van der Waals surface area contributed by atoms with Crippen LogP contribution in [-0.2, 0) is 28.7 Å². The van der Waals surface area contributed by atoms with E-state index in [9.17, 15) is 24.5 Å². The minimum atomic E-state index is -1.69. The minimum absolute atomic E-state index is 0.00194. The van der Waals surface area contributed by atoms with Gasteiger partial charge in [0, 0.05) is 36.8 Å². The maximum Gasteiger partial charge on any atom is 0.514 e. The molecule has 4 rings (SSSR count). The number of rotatable bonds is 17. The van der Waals surface area contributed by atoms with Crippen LogP contribution in [0.5, 0.6) is 11.5 Å². The van der Waals surface area contributed by atoms with E-state index in [1.165, 1.54) is 41.1 Å². The smallest absolute Gasteiger partial charge is 0.484 e. The molecule has 3 aromatic rings. The van der Waals surface area contributed by atoms with Gasteiger partial charge >= 0.3 is 11.8 Å². The topological polar surface area (TPSA) is 207 Å². The highest BCUT2D eigenvalue weighted by Crippen LogP contribution is 2.47. The summed E-state index contributed by atoms with van der Waals surface area (Å²) in [4.78, 5) is 53.2. The highest BCUT2D eigenvalue weighted by Gasteiger charge is 2.41. The number of hydrogen-bond acceptors (Lipinski definition) is 14. The van der Waals surface area contributed by atoms with E-state index in [-0.39, 0.29) is 67.4 Å². The second kappa shape index (κ2) is 19.6. The second-order valence-corrected chi connectivity index (χ2v) is 15.5. The van der Waals surface area contributed by atoms with E-state index in [0.29, 0.717) is 5.75 Å². The van der Waals surface area contributed by atoms with Crippen molar-refractivity contribution in [1.82, 2.24) is 14.2 Å². The molecule has 1 aromatic heterocycles. The lowest BCUT2D eigenvalue weighted by molar-refractivity contribution is -0.384. The quantitative estimate of drug-likeness (QED) is 0.0381. The van der Waals surface area contributed by atoms with Crippen LogP contribution < -0.4 is 20.5 Å². The van der Waals surface area contributed by atoms with Gasteiger partial charge in [0.1, 0.15) is 35.8 Å². The largest absolute Gasteiger partial charge is 0.514 e. The van der Waals surface area contributed by atoms with Crippen LogP contribution in [0.25, 0.3) is 0 Å². The molecule has 296 valence electrons. The minimum Gasteiger partial charge on any atom is -0.484 e. The van der Waals surface area contributed by atoms with Crippen LogP contribution in [0.15, 0.2) is 65.6 Å². The molecule has 1 aliphatic heterocycles. The Balaban J connectivity index is 1.46. The number of nitro benzene ring substituents is 1. The second-order valence-electron chi connectivity index (χ2n) is 14.1. The Kier molecular flexibility index (Phi) is 15.2. The van der Waals surface area contributed by atoms with E-state index in [2.05, 4.69) is 37.1 Å². The van der Waals surface area contributed by atoms with E-state index in [1.807, 2.05) is 44.5 Å². The van der Waals surface area contributed by atoms with Crippen LogP contribution in [0.1, 0.15) is 73.1 Å². The third-order valence-electron chi connectivity index (χ3n) is 8.19. The lowest BCUT2D eigenvalue weighted by Gasteiger charge is -2.36. The van der Waals surface area contributed by atoms with Gasteiger partial charge < -0.3 is 33.3 Å². The predicted molar refractivity (Wildman–Crippen MR) is 201 cm³/mol. The molecule has 0 saturated carbocycles. The van der Waals surface area contributed by atoms with E-state index in [0.717, 1.165) is 5.56 Å². The van der Waals surface area contributed by atoms with Crippen molar-refractivity contribution in [1.29, 1.82) is 5.26 Å². The molecule has 1 fully saturated rings. The van der Waals surface area contributed by atoms with E-state index in [4.69, 9.17) is 33.3 Å². The first-order chi connectivity index (χ1) is 26.0. The molecule has 0 spiro atoms. The van der Waals surface area contributed by atoms with Crippen molar-refractivity contribution < 1.29 is 42.5 Å². The van der Waals surface area contributed by atoms with Crippen LogP contribution in [-0.4, -0.2) is 75.3 Å². The molecule has 1 amide bonds. The monoisotopic (exact) mass is 782 g/mol. The van der Waals surface area contributed by atoms with Crippen molar-refractivity contribution in [2.45, 2.75) is 97.2 Å². The Bertz CT molecular complexity index is 1850. The number of nitriles is 1. The molecule has 0 bridgehead atoms. The molecule has 17 nitrogen and oxygen atoms in total. The molecular weight excluding hydrogens is 735 g/mol. The molecule has 0 radical (unpaired) electrons. The SMILES string of the molecule is CC(C)N(C(C)C)P(OCCC#N)OC[C@H]1O[C@@H](n2ccc(NC(=O)COc3ccc(C(C)(C)C)cc3)nc2=O)C[C@@H]1OC(=O)Oc1ccc([N+](=O)[O-])cc1. The fraction of sp³-hybridized carbons (Fsp3) is 0.486. The summed E-state index contributed by atoms with van der Waals surface area (Å²) in [6, 6.07) is 15.8. The molecule has 0 aliphatic carbocycles. The van der Waals surface area contributed by atoms with Gasteiger partial charge in [-0.25, -0.2) is 14.3 Å². The van der Waals surface area contributed by atoms with Gasteiger partial charge in [-0.15, -0.1) is 0 Å². The average molecular weight is 783 g/mol. The van der Waals surface area contributed by atoms with Gasteiger partial charge in [-0.1, -0.05) is 32.9 Å². The van der Waals surface area contributed by atoms with Crippen LogP contribution in [0.3, 0.4) is 0 Å². The van der Waals surface area contributed by atoms with E-state index < -0.39 is 49.6 Å². The van der Waals surface area contributed by atoms with Crippen LogP contribution in [0, 0.1) is 21.4 Å². The molecule has 55 heavy (non-hydrogen) atoms. The normalized spacial score (nSPS) is 17.5. The number of anilines is 1. The van der Waals surface area contributed by atoms with Crippen molar-refractivity contribution in [2.75, 3.05) is 25.1 Å².